The molecule has 0 atom stereocenters. The molecule has 0 aromatic rings. The third kappa shape index (κ3) is 2.20. The maximum absolute atomic E-state index is 9.22. The first kappa shape index (κ1) is 11.8. The van der Waals surface area contributed by atoms with Gasteiger partial charge < -0.3 is 14.6 Å². The molecule has 1 saturated heterocycles. The highest BCUT2D eigenvalue weighted by atomic mass is 16.7. The lowest BCUT2D eigenvalue weighted by atomic mass is 9.79. The van der Waals surface area contributed by atoms with Crippen LogP contribution in [0.5, 0.6) is 0 Å². The number of hydrogen-bond acceptors (Lipinski definition) is 5. The Kier molecular flexibility index (Phi) is 3.45. The van der Waals surface area contributed by atoms with E-state index < -0.39 is 11.3 Å². The molecule has 0 unspecified atom stereocenters. The zero-order valence-corrected chi connectivity index (χ0v) is 9.37. The van der Waals surface area contributed by atoms with E-state index in [0.717, 1.165) is 12.8 Å². The van der Waals surface area contributed by atoms with E-state index in [9.17, 15) is 5.26 Å². The number of rotatable bonds is 3. The number of aliphatic hydroxyl groups excluding tert-OH is 1. The molecule has 0 aromatic heterocycles. The molecule has 2 fully saturated rings. The van der Waals surface area contributed by atoms with Crippen LogP contribution in [0.15, 0.2) is 0 Å². The monoisotopic (exact) mass is 226 g/mol. The van der Waals surface area contributed by atoms with Crippen LogP contribution in [-0.4, -0.2) is 42.8 Å². The lowest BCUT2D eigenvalue weighted by Crippen LogP contribution is -2.52. The molecule has 90 valence electrons. The Morgan fingerprint density at radius 2 is 1.81 bits per heavy atom. The van der Waals surface area contributed by atoms with Gasteiger partial charge in [-0.1, -0.05) is 0 Å². The third-order valence-corrected chi connectivity index (χ3v) is 3.47. The van der Waals surface area contributed by atoms with Gasteiger partial charge in [0.2, 0.25) is 0 Å². The minimum atomic E-state index is -0.511. The molecule has 5 heteroatoms. The molecule has 2 N–H and O–H groups in total. The van der Waals surface area contributed by atoms with Gasteiger partial charge in [0.25, 0.3) is 0 Å². The highest BCUT2D eigenvalue weighted by Gasteiger charge is 2.46. The highest BCUT2D eigenvalue weighted by Crippen LogP contribution is 2.39. The van der Waals surface area contributed by atoms with Crippen molar-refractivity contribution in [3.05, 3.63) is 0 Å². The molecule has 1 heterocycles. The van der Waals surface area contributed by atoms with Crippen molar-refractivity contribution in [2.24, 2.45) is 0 Å². The van der Waals surface area contributed by atoms with Crippen molar-refractivity contribution in [2.45, 2.75) is 37.0 Å². The average Bonchev–Trinajstić information content (AvgIpc) is 2.78. The minimum absolute atomic E-state index is 0.0571. The molecule has 1 spiro atoms. The largest absolute Gasteiger partial charge is 0.395 e. The third-order valence-electron chi connectivity index (χ3n) is 3.47. The van der Waals surface area contributed by atoms with Crippen molar-refractivity contribution in [3.63, 3.8) is 0 Å². The minimum Gasteiger partial charge on any atom is -0.395 e. The number of nitrogens with one attached hydrogen (secondary N) is 1. The van der Waals surface area contributed by atoms with Crippen LogP contribution in [0.4, 0.5) is 0 Å². The van der Waals surface area contributed by atoms with E-state index in [2.05, 4.69) is 11.4 Å². The van der Waals surface area contributed by atoms with Crippen molar-refractivity contribution in [3.8, 4) is 6.07 Å². The number of nitrogens with zero attached hydrogens (tertiary/aromatic N) is 1. The predicted molar refractivity (Wildman–Crippen MR) is 56.5 cm³/mol. The molecule has 2 aliphatic rings. The van der Waals surface area contributed by atoms with Crippen LogP contribution >= 0.6 is 0 Å². The number of aliphatic hydroxyl groups is 1. The maximum atomic E-state index is 9.22. The highest BCUT2D eigenvalue weighted by molar-refractivity contribution is 5.10. The first-order valence-electron chi connectivity index (χ1n) is 5.79. The lowest BCUT2D eigenvalue weighted by Gasteiger charge is -2.40. The number of β-amino-alcohol motifs (C(OH)–C–C–N with tert-alkyl or cyclic N) is 1. The van der Waals surface area contributed by atoms with Gasteiger partial charge in [-0.15, -0.1) is 0 Å². The number of nitriles is 1. The summed E-state index contributed by atoms with van der Waals surface area (Å²) in [5.41, 5.74) is -0.511. The zero-order chi connectivity index (χ0) is 11.5. The molecule has 0 radical (unpaired) electrons. The van der Waals surface area contributed by atoms with Crippen molar-refractivity contribution < 1.29 is 14.6 Å². The Bertz CT molecular complexity index is 271. The summed E-state index contributed by atoms with van der Waals surface area (Å²) in [6.45, 7) is 1.83. The topological polar surface area (TPSA) is 74.5 Å². The van der Waals surface area contributed by atoms with Crippen molar-refractivity contribution >= 4 is 0 Å². The Morgan fingerprint density at radius 3 is 2.31 bits per heavy atom. The van der Waals surface area contributed by atoms with Crippen LogP contribution in [0.3, 0.4) is 0 Å². The fourth-order valence-corrected chi connectivity index (χ4v) is 2.47. The van der Waals surface area contributed by atoms with Crippen LogP contribution < -0.4 is 5.32 Å². The van der Waals surface area contributed by atoms with Crippen LogP contribution in [0, 0.1) is 11.3 Å². The van der Waals surface area contributed by atoms with Crippen LogP contribution in [-0.2, 0) is 9.47 Å². The second-order valence-corrected chi connectivity index (χ2v) is 4.45. The van der Waals surface area contributed by atoms with Gasteiger partial charge in [-0.2, -0.15) is 5.26 Å². The second kappa shape index (κ2) is 4.68. The molecule has 0 amide bonds. The van der Waals surface area contributed by atoms with E-state index in [1.54, 1.807) is 0 Å². The van der Waals surface area contributed by atoms with Crippen LogP contribution in [0.1, 0.15) is 25.7 Å². The van der Waals surface area contributed by atoms with E-state index in [4.69, 9.17) is 14.6 Å². The summed E-state index contributed by atoms with van der Waals surface area (Å²) < 4.78 is 11.2. The summed E-state index contributed by atoms with van der Waals surface area (Å²) in [7, 11) is 0. The Labute approximate surface area is 95.3 Å². The quantitative estimate of drug-likeness (QED) is 0.716. The van der Waals surface area contributed by atoms with E-state index in [1.165, 1.54) is 0 Å². The lowest BCUT2D eigenvalue weighted by molar-refractivity contribution is -0.183. The van der Waals surface area contributed by atoms with Crippen LogP contribution in [0.25, 0.3) is 0 Å². The average molecular weight is 226 g/mol. The van der Waals surface area contributed by atoms with Crippen LogP contribution in [0.2, 0.25) is 0 Å². The molecular weight excluding hydrogens is 208 g/mol. The van der Waals surface area contributed by atoms with E-state index in [1.807, 2.05) is 0 Å². The summed E-state index contributed by atoms with van der Waals surface area (Å²) >= 11 is 0. The first-order valence-corrected chi connectivity index (χ1v) is 5.79. The van der Waals surface area contributed by atoms with E-state index >= 15 is 0 Å². The van der Waals surface area contributed by atoms with E-state index in [-0.39, 0.29) is 6.61 Å². The van der Waals surface area contributed by atoms with Gasteiger partial charge in [0.05, 0.1) is 25.9 Å². The first-order chi connectivity index (χ1) is 7.74. The summed E-state index contributed by atoms with van der Waals surface area (Å²) in [5, 5.41) is 21.1. The van der Waals surface area contributed by atoms with Gasteiger partial charge in [-0.25, -0.2) is 0 Å². The normalized spacial score (nSPS) is 26.8. The summed E-state index contributed by atoms with van der Waals surface area (Å²) in [4.78, 5) is 0. The van der Waals surface area contributed by atoms with Gasteiger partial charge in [0, 0.05) is 19.4 Å². The smallest absolute Gasteiger partial charge is 0.168 e. The van der Waals surface area contributed by atoms with Crippen molar-refractivity contribution in [1.29, 1.82) is 5.26 Å². The molecule has 0 aromatic carbocycles. The molecule has 1 aliphatic carbocycles. The fraction of sp³-hybridized carbons (Fsp3) is 0.909. The molecule has 0 bridgehead atoms. The standard InChI is InChI=1S/C11H18N2O3/c12-9-10(13-5-6-14)1-3-11(4-2-10)15-7-8-16-11/h13-14H,1-8H2. The molecule has 2 rings (SSSR count). The van der Waals surface area contributed by atoms with Gasteiger partial charge in [0.1, 0.15) is 5.54 Å². The Balaban J connectivity index is 1.93. The van der Waals surface area contributed by atoms with E-state index in [0.29, 0.717) is 32.6 Å². The second-order valence-electron chi connectivity index (χ2n) is 4.45. The Hall–Kier alpha value is -0.670. The maximum Gasteiger partial charge on any atom is 0.168 e. The predicted octanol–water partition coefficient (Wildman–Crippen LogP) is 0.148. The zero-order valence-electron chi connectivity index (χ0n) is 9.37. The molecule has 5 nitrogen and oxygen atoms in total. The summed E-state index contributed by atoms with van der Waals surface area (Å²) in [5.74, 6) is -0.429. The van der Waals surface area contributed by atoms with Gasteiger partial charge in [-0.3, -0.25) is 5.32 Å². The summed E-state index contributed by atoms with van der Waals surface area (Å²) in [6, 6.07) is 2.33. The summed E-state index contributed by atoms with van der Waals surface area (Å²) in [6.07, 6.45) is 2.92. The van der Waals surface area contributed by atoms with Gasteiger partial charge in [0.15, 0.2) is 5.79 Å². The SMILES string of the molecule is N#CC1(NCCO)CCC2(CC1)OCCO2. The van der Waals surface area contributed by atoms with Crippen molar-refractivity contribution in [2.75, 3.05) is 26.4 Å². The Morgan fingerprint density at radius 1 is 1.19 bits per heavy atom. The number of ether oxygens (including phenoxy) is 2. The van der Waals surface area contributed by atoms with Gasteiger partial charge >= 0.3 is 0 Å². The molecule has 16 heavy (non-hydrogen) atoms. The molecule has 1 aliphatic heterocycles. The van der Waals surface area contributed by atoms with Gasteiger partial charge in [-0.05, 0) is 12.8 Å². The number of hydrogen-bond donors (Lipinski definition) is 2. The molecular formula is C11H18N2O3. The van der Waals surface area contributed by atoms with Crippen molar-refractivity contribution in [1.82, 2.24) is 5.32 Å². The fourth-order valence-electron chi connectivity index (χ4n) is 2.47. The molecule has 1 saturated carbocycles.